The maximum atomic E-state index is 14.0. The third-order valence-electron chi connectivity index (χ3n) is 2.87. The van der Waals surface area contributed by atoms with Crippen molar-refractivity contribution >= 4 is 55.3 Å². The van der Waals surface area contributed by atoms with Crippen LogP contribution in [0.2, 0.25) is 0 Å². The average Bonchev–Trinajstić information content (AvgIpc) is 2.90. The van der Waals surface area contributed by atoms with Crippen molar-refractivity contribution < 1.29 is 23.5 Å². The van der Waals surface area contributed by atoms with Crippen LogP contribution in [0.15, 0.2) is 16.6 Å². The summed E-state index contributed by atoms with van der Waals surface area (Å²) in [6, 6.07) is 3.18. The summed E-state index contributed by atoms with van der Waals surface area (Å²) in [4.78, 5) is 39.2. The van der Waals surface area contributed by atoms with Crippen LogP contribution in [-0.2, 0) is 25.5 Å². The second-order valence-corrected chi connectivity index (χ2v) is 8.29. The van der Waals surface area contributed by atoms with Crippen LogP contribution < -0.4 is 10.9 Å². The molecule has 0 saturated heterocycles. The van der Waals surface area contributed by atoms with E-state index in [0.29, 0.717) is 19.7 Å². The molecule has 2 rings (SSSR count). The van der Waals surface area contributed by atoms with Crippen molar-refractivity contribution in [2.24, 2.45) is 0 Å². The first-order valence-electron chi connectivity index (χ1n) is 7.58. The topological polar surface area (TPSA) is 97.4 Å². The number of amides is 2. The quantitative estimate of drug-likeness (QED) is 0.428. The van der Waals surface area contributed by atoms with Crippen LogP contribution in [0.5, 0.6) is 0 Å². The van der Waals surface area contributed by atoms with Gasteiger partial charge < -0.3 is 4.74 Å². The number of aromatic nitrogens is 1. The number of esters is 1. The molecule has 0 fully saturated rings. The number of fused-ring (bicyclic) bond motifs is 1. The second kappa shape index (κ2) is 8.09. The molecule has 1 aromatic heterocycles. The normalized spacial score (nSPS) is 11.3. The average molecular weight is 446 g/mol. The van der Waals surface area contributed by atoms with Crippen LogP contribution in [0.25, 0.3) is 10.2 Å². The Kier molecular flexibility index (Phi) is 6.30. The van der Waals surface area contributed by atoms with E-state index in [4.69, 9.17) is 4.74 Å². The SMILES string of the molecule is CC(C)(C)OC(=O)CC(=O)NNC(=O)Cc1nc2ccc(Br)c(F)c2s1. The van der Waals surface area contributed by atoms with E-state index in [1.54, 1.807) is 26.8 Å². The summed E-state index contributed by atoms with van der Waals surface area (Å²) >= 11 is 4.15. The van der Waals surface area contributed by atoms with Crippen LogP contribution in [0.4, 0.5) is 4.39 Å². The van der Waals surface area contributed by atoms with Crippen LogP contribution >= 0.6 is 27.3 Å². The summed E-state index contributed by atoms with van der Waals surface area (Å²) in [5.41, 5.74) is 4.07. The third kappa shape index (κ3) is 5.73. The molecule has 7 nitrogen and oxygen atoms in total. The molecule has 1 aromatic carbocycles. The number of hydrogen-bond acceptors (Lipinski definition) is 6. The van der Waals surface area contributed by atoms with Gasteiger partial charge in [0.25, 0.3) is 0 Å². The van der Waals surface area contributed by atoms with Gasteiger partial charge in [0.15, 0.2) is 5.82 Å². The lowest BCUT2D eigenvalue weighted by molar-refractivity contribution is -0.156. The molecule has 0 atom stereocenters. The lowest BCUT2D eigenvalue weighted by Crippen LogP contribution is -2.43. The number of benzene rings is 1. The molecule has 0 saturated carbocycles. The van der Waals surface area contributed by atoms with Crippen molar-refractivity contribution in [3.63, 3.8) is 0 Å². The van der Waals surface area contributed by atoms with E-state index in [9.17, 15) is 18.8 Å². The van der Waals surface area contributed by atoms with Crippen molar-refractivity contribution in [3.05, 3.63) is 27.4 Å². The minimum absolute atomic E-state index is 0.136. The summed E-state index contributed by atoms with van der Waals surface area (Å²) in [5.74, 6) is -2.37. The van der Waals surface area contributed by atoms with Gasteiger partial charge in [-0.05, 0) is 48.8 Å². The van der Waals surface area contributed by atoms with Crippen molar-refractivity contribution in [2.75, 3.05) is 0 Å². The summed E-state index contributed by atoms with van der Waals surface area (Å²) < 4.78 is 19.6. The minimum Gasteiger partial charge on any atom is -0.460 e. The van der Waals surface area contributed by atoms with Gasteiger partial charge in [-0.1, -0.05) is 0 Å². The summed E-state index contributed by atoms with van der Waals surface area (Å²) in [6.45, 7) is 5.05. The first-order valence-corrected chi connectivity index (χ1v) is 9.19. The smallest absolute Gasteiger partial charge is 0.315 e. The highest BCUT2D eigenvalue weighted by molar-refractivity contribution is 9.10. The van der Waals surface area contributed by atoms with Gasteiger partial charge in [-0.15, -0.1) is 11.3 Å². The molecular weight excluding hydrogens is 429 g/mol. The number of nitrogens with one attached hydrogen (secondary N) is 2. The van der Waals surface area contributed by atoms with Gasteiger partial charge in [0.2, 0.25) is 11.8 Å². The Morgan fingerprint density at radius 1 is 1.23 bits per heavy atom. The molecule has 2 N–H and O–H groups in total. The van der Waals surface area contributed by atoms with E-state index >= 15 is 0 Å². The van der Waals surface area contributed by atoms with Crippen LogP contribution in [-0.4, -0.2) is 28.4 Å². The van der Waals surface area contributed by atoms with E-state index < -0.39 is 35.6 Å². The highest BCUT2D eigenvalue weighted by Gasteiger charge is 2.19. The van der Waals surface area contributed by atoms with Gasteiger partial charge in [-0.3, -0.25) is 25.2 Å². The second-order valence-electron chi connectivity index (χ2n) is 6.35. The molecular formula is C16H17BrFN3O4S. The van der Waals surface area contributed by atoms with E-state index in [-0.39, 0.29) is 6.42 Å². The molecule has 0 aliphatic heterocycles. The zero-order valence-corrected chi connectivity index (χ0v) is 16.7. The molecule has 0 spiro atoms. The van der Waals surface area contributed by atoms with E-state index in [1.807, 2.05) is 0 Å². The Labute approximate surface area is 161 Å². The van der Waals surface area contributed by atoms with Crippen molar-refractivity contribution in [2.45, 2.75) is 39.2 Å². The van der Waals surface area contributed by atoms with Crippen molar-refractivity contribution in [1.29, 1.82) is 0 Å². The zero-order valence-electron chi connectivity index (χ0n) is 14.3. The Bertz CT molecular complexity index is 863. The van der Waals surface area contributed by atoms with Crippen molar-refractivity contribution in [1.82, 2.24) is 15.8 Å². The fourth-order valence-electron chi connectivity index (χ4n) is 1.93. The molecule has 140 valence electrons. The summed E-state index contributed by atoms with van der Waals surface area (Å²) in [5, 5.41) is 0.399. The Morgan fingerprint density at radius 2 is 1.88 bits per heavy atom. The lowest BCUT2D eigenvalue weighted by Gasteiger charge is -2.19. The van der Waals surface area contributed by atoms with E-state index in [2.05, 4.69) is 31.8 Å². The van der Waals surface area contributed by atoms with Crippen molar-refractivity contribution in [3.8, 4) is 0 Å². The van der Waals surface area contributed by atoms with Crippen LogP contribution in [0.3, 0.4) is 0 Å². The number of carbonyl (C=O) groups is 3. The zero-order chi connectivity index (χ0) is 19.5. The number of hydrazine groups is 1. The molecule has 0 unspecified atom stereocenters. The number of ether oxygens (including phenoxy) is 1. The summed E-state index contributed by atoms with van der Waals surface area (Å²) in [6.07, 6.45) is -0.652. The molecule has 0 aliphatic rings. The van der Waals surface area contributed by atoms with E-state index in [0.717, 1.165) is 11.3 Å². The van der Waals surface area contributed by atoms with Gasteiger partial charge >= 0.3 is 5.97 Å². The predicted molar refractivity (Wildman–Crippen MR) is 97.7 cm³/mol. The molecule has 10 heteroatoms. The molecule has 1 heterocycles. The fourth-order valence-corrected chi connectivity index (χ4v) is 3.39. The molecule has 0 aliphatic carbocycles. The molecule has 0 radical (unpaired) electrons. The minimum atomic E-state index is -0.702. The first kappa shape index (κ1) is 20.2. The lowest BCUT2D eigenvalue weighted by atomic mass is 10.2. The largest absolute Gasteiger partial charge is 0.460 e. The molecule has 0 bridgehead atoms. The highest BCUT2D eigenvalue weighted by atomic mass is 79.9. The first-order chi connectivity index (χ1) is 12.0. The Balaban J connectivity index is 1.86. The maximum Gasteiger partial charge on any atom is 0.315 e. The number of nitrogens with zero attached hydrogens (tertiary/aromatic N) is 1. The predicted octanol–water partition coefficient (Wildman–Crippen LogP) is 2.62. The van der Waals surface area contributed by atoms with Crippen LogP contribution in [0.1, 0.15) is 32.2 Å². The van der Waals surface area contributed by atoms with E-state index in [1.165, 1.54) is 6.07 Å². The standard InChI is InChI=1S/C16H17BrFN3O4S/c1-16(2,3)25-13(24)7-11(23)21-20-10(22)6-12-19-9-5-4-8(17)14(18)15(9)26-12/h4-5H,6-7H2,1-3H3,(H,20,22)(H,21,23). The van der Waals surface area contributed by atoms with Gasteiger partial charge in [0.05, 0.1) is 21.1 Å². The van der Waals surface area contributed by atoms with Gasteiger partial charge in [0, 0.05) is 0 Å². The van der Waals surface area contributed by atoms with Gasteiger partial charge in [-0.2, -0.15) is 0 Å². The Hall–Kier alpha value is -2.07. The third-order valence-corrected chi connectivity index (χ3v) is 4.55. The van der Waals surface area contributed by atoms with Gasteiger partial charge in [0.1, 0.15) is 17.0 Å². The number of thiazole rings is 1. The van der Waals surface area contributed by atoms with Crippen LogP contribution in [0, 0.1) is 5.82 Å². The Morgan fingerprint density at radius 3 is 2.54 bits per heavy atom. The highest BCUT2D eigenvalue weighted by Crippen LogP contribution is 2.29. The monoisotopic (exact) mass is 445 g/mol. The number of hydrogen-bond donors (Lipinski definition) is 2. The maximum absolute atomic E-state index is 14.0. The number of halogens is 2. The molecule has 2 amide bonds. The summed E-state index contributed by atoms with van der Waals surface area (Å²) in [7, 11) is 0. The molecule has 26 heavy (non-hydrogen) atoms. The molecule has 2 aromatic rings. The number of rotatable bonds is 4. The fraction of sp³-hybridized carbons (Fsp3) is 0.375. The van der Waals surface area contributed by atoms with Gasteiger partial charge in [-0.25, -0.2) is 9.37 Å². The number of carbonyl (C=O) groups excluding carboxylic acids is 3.